The van der Waals surface area contributed by atoms with Crippen molar-refractivity contribution in [2.24, 2.45) is 5.92 Å². The van der Waals surface area contributed by atoms with Gasteiger partial charge in [0.1, 0.15) is 11.6 Å². The van der Waals surface area contributed by atoms with E-state index in [4.69, 9.17) is 4.74 Å². The van der Waals surface area contributed by atoms with Gasteiger partial charge in [0.25, 0.3) is 0 Å². The Bertz CT molecular complexity index is 708. The lowest BCUT2D eigenvalue weighted by Gasteiger charge is -2.26. The highest BCUT2D eigenvalue weighted by Crippen LogP contribution is 2.10. The largest absolute Gasteiger partial charge is 0.466 e. The van der Waals surface area contributed by atoms with Gasteiger partial charge in [0, 0.05) is 12.5 Å². The third kappa shape index (κ3) is 9.78. The number of amides is 2. The highest BCUT2D eigenvalue weighted by atomic mass is 16.6. The fraction of sp³-hybridized carbons (Fsp3) is 0.500. The van der Waals surface area contributed by atoms with Crippen molar-refractivity contribution >= 4 is 18.0 Å². The number of methoxy groups -OCH3 is 1. The molecule has 0 radical (unpaired) electrons. The van der Waals surface area contributed by atoms with Crippen LogP contribution in [0, 0.1) is 5.92 Å². The molecule has 0 aliphatic heterocycles. The number of esters is 1. The van der Waals surface area contributed by atoms with E-state index >= 15 is 0 Å². The molecule has 2 unspecified atom stereocenters. The first-order valence-corrected chi connectivity index (χ1v) is 9.61. The molecule has 29 heavy (non-hydrogen) atoms. The quantitative estimate of drug-likeness (QED) is 0.513. The van der Waals surface area contributed by atoms with E-state index in [0.29, 0.717) is 6.42 Å². The van der Waals surface area contributed by atoms with Crippen LogP contribution in [0.2, 0.25) is 0 Å². The van der Waals surface area contributed by atoms with Gasteiger partial charge in [-0.2, -0.15) is 0 Å². The van der Waals surface area contributed by atoms with E-state index in [2.05, 4.69) is 15.4 Å². The summed E-state index contributed by atoms with van der Waals surface area (Å²) in [4.78, 5) is 36.6. The van der Waals surface area contributed by atoms with Crippen molar-refractivity contribution < 1.29 is 23.9 Å². The van der Waals surface area contributed by atoms with E-state index in [1.54, 1.807) is 26.8 Å². The Morgan fingerprint density at radius 1 is 1.07 bits per heavy atom. The van der Waals surface area contributed by atoms with Gasteiger partial charge in [0.2, 0.25) is 5.91 Å². The summed E-state index contributed by atoms with van der Waals surface area (Å²) in [5, 5.41) is 5.53. The normalized spacial score (nSPS) is 13.6. The summed E-state index contributed by atoms with van der Waals surface area (Å²) in [6.07, 6.45) is 2.50. The Balaban J connectivity index is 2.96. The van der Waals surface area contributed by atoms with Crippen molar-refractivity contribution in [3.8, 4) is 0 Å². The Kier molecular flexibility index (Phi) is 9.38. The number of hydrogen-bond acceptors (Lipinski definition) is 5. The molecular weight excluding hydrogens is 372 g/mol. The van der Waals surface area contributed by atoms with Gasteiger partial charge in [-0.25, -0.2) is 9.59 Å². The minimum absolute atomic E-state index is 0.0266. The number of hydrogen-bond donors (Lipinski definition) is 2. The zero-order valence-electron chi connectivity index (χ0n) is 18.0. The monoisotopic (exact) mass is 404 g/mol. The highest BCUT2D eigenvalue weighted by molar-refractivity contribution is 5.87. The molecule has 7 heteroatoms. The van der Waals surface area contributed by atoms with Crippen LogP contribution >= 0.6 is 0 Å². The average molecular weight is 405 g/mol. The fourth-order valence-corrected chi connectivity index (χ4v) is 2.46. The van der Waals surface area contributed by atoms with Crippen LogP contribution in [0.25, 0.3) is 0 Å². The molecule has 0 fully saturated rings. The van der Waals surface area contributed by atoms with Crippen LogP contribution in [0.3, 0.4) is 0 Å². The van der Waals surface area contributed by atoms with Gasteiger partial charge in [-0.05, 0) is 32.3 Å². The molecule has 1 aromatic rings. The maximum absolute atomic E-state index is 12.9. The first kappa shape index (κ1) is 24.2. The van der Waals surface area contributed by atoms with E-state index in [1.807, 2.05) is 44.2 Å². The lowest BCUT2D eigenvalue weighted by molar-refractivity contribution is -0.135. The molecule has 2 N–H and O–H groups in total. The minimum Gasteiger partial charge on any atom is -0.466 e. The third-order valence-corrected chi connectivity index (χ3v) is 3.96. The van der Waals surface area contributed by atoms with Gasteiger partial charge >= 0.3 is 12.1 Å². The molecular formula is C22H32N2O5. The molecule has 0 aromatic heterocycles. The van der Waals surface area contributed by atoms with Crippen LogP contribution in [0.5, 0.6) is 0 Å². The minimum atomic E-state index is -0.833. The topological polar surface area (TPSA) is 93.7 Å². The number of carbonyl (C=O) groups excluding carboxylic acids is 3. The van der Waals surface area contributed by atoms with Crippen LogP contribution in [0.1, 0.15) is 40.2 Å². The molecule has 1 rings (SSSR count). The Hall–Kier alpha value is -2.83. The zero-order chi connectivity index (χ0) is 22.0. The van der Waals surface area contributed by atoms with E-state index in [-0.39, 0.29) is 11.8 Å². The van der Waals surface area contributed by atoms with Crippen molar-refractivity contribution in [1.82, 2.24) is 10.6 Å². The first-order chi connectivity index (χ1) is 13.5. The maximum Gasteiger partial charge on any atom is 0.408 e. The molecule has 2 amide bonds. The van der Waals surface area contributed by atoms with E-state index in [9.17, 15) is 14.4 Å². The van der Waals surface area contributed by atoms with Gasteiger partial charge in [-0.1, -0.05) is 50.3 Å². The number of nitrogens with one attached hydrogen (secondary N) is 2. The number of ether oxygens (including phenoxy) is 2. The van der Waals surface area contributed by atoms with E-state index < -0.39 is 29.7 Å². The molecule has 0 aliphatic carbocycles. The molecule has 2 atom stereocenters. The van der Waals surface area contributed by atoms with E-state index in [1.165, 1.54) is 13.2 Å². The second kappa shape index (κ2) is 11.2. The molecule has 0 saturated carbocycles. The summed E-state index contributed by atoms with van der Waals surface area (Å²) in [6.45, 7) is 9.10. The molecule has 160 valence electrons. The second-order valence-corrected chi connectivity index (χ2v) is 8.05. The van der Waals surface area contributed by atoms with Crippen LogP contribution in [-0.2, 0) is 25.5 Å². The van der Waals surface area contributed by atoms with Crippen LogP contribution in [-0.4, -0.2) is 42.8 Å². The number of rotatable bonds is 8. The van der Waals surface area contributed by atoms with Gasteiger partial charge < -0.3 is 20.1 Å². The standard InChI is InChI=1S/C22H32N2O5/c1-15(2)17(12-13-19(25)28-6)23-20(26)18(14-16-10-8-7-9-11-16)24-21(27)29-22(3,4)5/h7-13,15,17-18H,14H2,1-6H3,(H,23,26)(H,24,27)/b13-12+. The third-order valence-electron chi connectivity index (χ3n) is 3.96. The number of benzene rings is 1. The van der Waals surface area contributed by atoms with Crippen molar-refractivity contribution in [3.63, 3.8) is 0 Å². The van der Waals surface area contributed by atoms with Crippen molar-refractivity contribution in [2.45, 2.75) is 58.7 Å². The molecule has 7 nitrogen and oxygen atoms in total. The molecule has 0 bridgehead atoms. The molecule has 1 aromatic carbocycles. The van der Waals surface area contributed by atoms with Crippen molar-refractivity contribution in [1.29, 1.82) is 0 Å². The molecule has 0 aliphatic rings. The number of alkyl carbamates (subject to hydrolysis) is 1. The molecule has 0 spiro atoms. The zero-order valence-corrected chi connectivity index (χ0v) is 18.0. The lowest BCUT2D eigenvalue weighted by Crippen LogP contribution is -2.52. The van der Waals surface area contributed by atoms with Crippen molar-refractivity contribution in [2.75, 3.05) is 7.11 Å². The summed E-state index contributed by atoms with van der Waals surface area (Å²) in [7, 11) is 1.29. The van der Waals surface area contributed by atoms with Gasteiger partial charge in [0.05, 0.1) is 13.2 Å². The Morgan fingerprint density at radius 3 is 2.21 bits per heavy atom. The van der Waals surface area contributed by atoms with Gasteiger partial charge in [-0.3, -0.25) is 4.79 Å². The molecule has 0 saturated heterocycles. The van der Waals surface area contributed by atoms with Crippen LogP contribution in [0.15, 0.2) is 42.5 Å². The average Bonchev–Trinajstić information content (AvgIpc) is 2.63. The Morgan fingerprint density at radius 2 is 1.69 bits per heavy atom. The predicted molar refractivity (Wildman–Crippen MR) is 111 cm³/mol. The lowest BCUT2D eigenvalue weighted by atomic mass is 10.0. The van der Waals surface area contributed by atoms with Crippen molar-refractivity contribution in [3.05, 3.63) is 48.0 Å². The van der Waals surface area contributed by atoms with Crippen LogP contribution < -0.4 is 10.6 Å². The molecule has 0 heterocycles. The highest BCUT2D eigenvalue weighted by Gasteiger charge is 2.26. The summed E-state index contributed by atoms with van der Waals surface area (Å²) in [6, 6.07) is 8.15. The smallest absolute Gasteiger partial charge is 0.408 e. The fourth-order valence-electron chi connectivity index (χ4n) is 2.46. The summed E-state index contributed by atoms with van der Waals surface area (Å²) in [5.41, 5.74) is 0.219. The Labute approximate surface area is 172 Å². The van der Waals surface area contributed by atoms with Crippen LogP contribution in [0.4, 0.5) is 4.79 Å². The van der Waals surface area contributed by atoms with E-state index in [0.717, 1.165) is 5.56 Å². The number of carbonyl (C=O) groups is 3. The SMILES string of the molecule is COC(=O)/C=C/C(NC(=O)C(Cc1ccccc1)NC(=O)OC(C)(C)C)C(C)C. The predicted octanol–water partition coefficient (Wildman–Crippen LogP) is 2.99. The summed E-state index contributed by atoms with van der Waals surface area (Å²) < 4.78 is 9.90. The van der Waals surface area contributed by atoms with Gasteiger partial charge in [-0.15, -0.1) is 0 Å². The second-order valence-electron chi connectivity index (χ2n) is 8.05. The van der Waals surface area contributed by atoms with Gasteiger partial charge in [0.15, 0.2) is 0 Å². The first-order valence-electron chi connectivity index (χ1n) is 9.61. The maximum atomic E-state index is 12.9. The summed E-state index contributed by atoms with van der Waals surface area (Å²) >= 11 is 0. The summed E-state index contributed by atoms with van der Waals surface area (Å²) in [5.74, 6) is -0.843.